The van der Waals surface area contributed by atoms with Crippen LogP contribution in [0.1, 0.15) is 5.56 Å². The van der Waals surface area contributed by atoms with Crippen molar-refractivity contribution in [1.29, 1.82) is 0 Å². The third-order valence-corrected chi connectivity index (χ3v) is 5.25. The van der Waals surface area contributed by atoms with E-state index in [4.69, 9.17) is 0 Å². The van der Waals surface area contributed by atoms with Crippen molar-refractivity contribution in [1.82, 2.24) is 19.9 Å². The molecule has 0 spiro atoms. The molecule has 0 aliphatic rings. The van der Waals surface area contributed by atoms with Gasteiger partial charge in [-0.25, -0.2) is 18.7 Å². The Bertz CT molecular complexity index is 1160. The van der Waals surface area contributed by atoms with E-state index in [9.17, 15) is 13.6 Å². The van der Waals surface area contributed by atoms with Crippen molar-refractivity contribution in [2.75, 3.05) is 5.75 Å². The molecule has 0 unspecified atom stereocenters. The molecule has 0 radical (unpaired) electrons. The molecule has 0 bridgehead atoms. The largest absolute Gasteiger partial charge is 0.351 e. The van der Waals surface area contributed by atoms with Gasteiger partial charge in [-0.2, -0.15) is 0 Å². The van der Waals surface area contributed by atoms with Gasteiger partial charge in [0.25, 0.3) is 0 Å². The lowest BCUT2D eigenvalue weighted by Crippen LogP contribution is -2.24. The highest BCUT2D eigenvalue weighted by molar-refractivity contribution is 8.00. The fourth-order valence-corrected chi connectivity index (χ4v) is 3.52. The SMILES string of the molecule is O=C(CSc1ccc(F)c(F)c1)NCc1ccc(-n2cnc3ccccc32)nc1. The second-order valence-corrected chi connectivity index (χ2v) is 7.32. The Hall–Kier alpha value is -3.26. The monoisotopic (exact) mass is 410 g/mol. The van der Waals surface area contributed by atoms with Crippen molar-refractivity contribution in [3.63, 3.8) is 0 Å². The van der Waals surface area contributed by atoms with Crippen molar-refractivity contribution >= 4 is 28.7 Å². The van der Waals surface area contributed by atoms with Crippen LogP contribution in [-0.2, 0) is 11.3 Å². The Kier molecular flexibility index (Phi) is 5.53. The van der Waals surface area contributed by atoms with Gasteiger partial charge in [-0.3, -0.25) is 9.36 Å². The summed E-state index contributed by atoms with van der Waals surface area (Å²) in [6.07, 6.45) is 3.43. The Labute approximate surface area is 169 Å². The molecule has 2 aromatic carbocycles. The molecule has 2 aromatic heterocycles. The fraction of sp³-hybridized carbons (Fsp3) is 0.0952. The van der Waals surface area contributed by atoms with E-state index in [1.807, 2.05) is 41.0 Å². The molecule has 0 aliphatic carbocycles. The van der Waals surface area contributed by atoms with E-state index in [1.54, 1.807) is 12.5 Å². The van der Waals surface area contributed by atoms with Crippen LogP contribution >= 0.6 is 11.8 Å². The molecule has 1 N–H and O–H groups in total. The smallest absolute Gasteiger partial charge is 0.230 e. The van der Waals surface area contributed by atoms with Gasteiger partial charge in [0, 0.05) is 17.6 Å². The number of thioether (sulfide) groups is 1. The van der Waals surface area contributed by atoms with Crippen LogP contribution in [0.3, 0.4) is 0 Å². The van der Waals surface area contributed by atoms with Crippen molar-refractivity contribution in [3.8, 4) is 5.82 Å². The highest BCUT2D eigenvalue weighted by atomic mass is 32.2. The van der Waals surface area contributed by atoms with Gasteiger partial charge in [0.1, 0.15) is 12.1 Å². The summed E-state index contributed by atoms with van der Waals surface area (Å²) >= 11 is 1.14. The quantitative estimate of drug-likeness (QED) is 0.486. The van der Waals surface area contributed by atoms with Gasteiger partial charge in [-0.1, -0.05) is 18.2 Å². The van der Waals surface area contributed by atoms with Gasteiger partial charge in [-0.15, -0.1) is 11.8 Å². The zero-order chi connectivity index (χ0) is 20.2. The minimum atomic E-state index is -0.924. The van der Waals surface area contributed by atoms with Crippen molar-refractivity contribution < 1.29 is 13.6 Å². The first kappa shape index (κ1) is 19.1. The number of rotatable bonds is 6. The number of hydrogen-bond donors (Lipinski definition) is 1. The lowest BCUT2D eigenvalue weighted by Gasteiger charge is -2.07. The van der Waals surface area contributed by atoms with Crippen LogP contribution in [-0.4, -0.2) is 26.2 Å². The highest BCUT2D eigenvalue weighted by Gasteiger charge is 2.08. The third-order valence-electron chi connectivity index (χ3n) is 4.26. The third kappa shape index (κ3) is 4.43. The number of carbonyl (C=O) groups excluding carboxylic acids is 1. The molecule has 8 heteroatoms. The standard InChI is InChI=1S/C21H16F2N4OS/c22-16-7-6-15(9-17(16)23)29-12-21(28)25-11-14-5-8-20(24-10-14)27-13-26-18-3-1-2-4-19(18)27/h1-10,13H,11-12H2,(H,25,28). The Morgan fingerprint density at radius 1 is 1.03 bits per heavy atom. The van der Waals surface area contributed by atoms with Crippen LogP contribution in [0.5, 0.6) is 0 Å². The van der Waals surface area contributed by atoms with E-state index in [0.29, 0.717) is 11.4 Å². The van der Waals surface area contributed by atoms with E-state index >= 15 is 0 Å². The topological polar surface area (TPSA) is 59.8 Å². The normalized spacial score (nSPS) is 11.0. The summed E-state index contributed by atoms with van der Waals surface area (Å²) in [5.74, 6) is -1.18. The van der Waals surface area contributed by atoms with Gasteiger partial charge in [0.2, 0.25) is 5.91 Å². The van der Waals surface area contributed by atoms with Crippen LogP contribution in [0.15, 0.2) is 72.0 Å². The summed E-state index contributed by atoms with van der Waals surface area (Å²) < 4.78 is 28.0. The maximum atomic E-state index is 13.2. The molecular weight excluding hydrogens is 394 g/mol. The van der Waals surface area contributed by atoms with Gasteiger partial charge in [0.15, 0.2) is 11.6 Å². The fourth-order valence-electron chi connectivity index (χ4n) is 2.77. The number of hydrogen-bond acceptors (Lipinski definition) is 4. The second-order valence-electron chi connectivity index (χ2n) is 6.27. The first-order valence-corrected chi connectivity index (χ1v) is 9.80. The lowest BCUT2D eigenvalue weighted by molar-refractivity contribution is -0.118. The average molecular weight is 410 g/mol. The summed E-state index contributed by atoms with van der Waals surface area (Å²) in [5, 5.41) is 2.79. The minimum absolute atomic E-state index is 0.109. The summed E-state index contributed by atoms with van der Waals surface area (Å²) in [7, 11) is 0. The van der Waals surface area contributed by atoms with Crippen LogP contribution in [0, 0.1) is 11.6 Å². The number of halogens is 2. The number of nitrogens with one attached hydrogen (secondary N) is 1. The molecule has 5 nitrogen and oxygen atoms in total. The number of amides is 1. The van der Waals surface area contributed by atoms with Gasteiger partial charge >= 0.3 is 0 Å². The molecule has 0 atom stereocenters. The maximum Gasteiger partial charge on any atom is 0.230 e. The molecular formula is C21H16F2N4OS. The number of nitrogens with zero attached hydrogens (tertiary/aromatic N) is 3. The first-order chi connectivity index (χ1) is 14.1. The van der Waals surface area contributed by atoms with Crippen LogP contribution < -0.4 is 5.32 Å². The molecule has 4 aromatic rings. The number of imidazole rings is 1. The second kappa shape index (κ2) is 8.40. The Balaban J connectivity index is 1.33. The molecule has 0 aliphatic heterocycles. The summed E-state index contributed by atoms with van der Waals surface area (Å²) in [6.45, 7) is 0.329. The Morgan fingerprint density at radius 3 is 2.69 bits per heavy atom. The molecule has 0 saturated carbocycles. The van der Waals surface area contributed by atoms with E-state index in [-0.39, 0.29) is 11.7 Å². The number of fused-ring (bicyclic) bond motifs is 1. The van der Waals surface area contributed by atoms with Crippen molar-refractivity contribution in [2.45, 2.75) is 11.4 Å². The molecule has 2 heterocycles. The zero-order valence-electron chi connectivity index (χ0n) is 15.2. The average Bonchev–Trinajstić information content (AvgIpc) is 3.18. The summed E-state index contributed by atoms with van der Waals surface area (Å²) in [4.78, 5) is 21.3. The van der Waals surface area contributed by atoms with Gasteiger partial charge in [0.05, 0.1) is 16.8 Å². The molecule has 146 valence electrons. The maximum absolute atomic E-state index is 13.2. The summed E-state index contributed by atoms with van der Waals surface area (Å²) in [6, 6.07) is 15.1. The first-order valence-electron chi connectivity index (χ1n) is 8.82. The molecule has 0 fully saturated rings. The Morgan fingerprint density at radius 2 is 1.90 bits per heavy atom. The van der Waals surface area contributed by atoms with Gasteiger partial charge < -0.3 is 5.32 Å². The predicted octanol–water partition coefficient (Wildman–Crippen LogP) is 4.11. The lowest BCUT2D eigenvalue weighted by atomic mass is 10.2. The number of pyridine rings is 1. The van der Waals surface area contributed by atoms with Crippen molar-refractivity contribution in [2.24, 2.45) is 0 Å². The van der Waals surface area contributed by atoms with Crippen molar-refractivity contribution in [3.05, 3.63) is 84.3 Å². The number of para-hydroxylation sites is 2. The number of aromatic nitrogens is 3. The predicted molar refractivity (Wildman–Crippen MR) is 108 cm³/mol. The molecule has 1 amide bonds. The molecule has 4 rings (SSSR count). The van der Waals surface area contributed by atoms with E-state index in [0.717, 1.165) is 46.3 Å². The molecule has 29 heavy (non-hydrogen) atoms. The zero-order valence-corrected chi connectivity index (χ0v) is 16.0. The van der Waals surface area contributed by atoms with E-state index in [1.165, 1.54) is 6.07 Å². The summed E-state index contributed by atoms with van der Waals surface area (Å²) in [5.41, 5.74) is 2.71. The van der Waals surface area contributed by atoms with Crippen LogP contribution in [0.25, 0.3) is 16.9 Å². The number of carbonyl (C=O) groups is 1. The molecule has 0 saturated heterocycles. The van der Waals surface area contributed by atoms with E-state index in [2.05, 4.69) is 15.3 Å². The minimum Gasteiger partial charge on any atom is -0.351 e. The van der Waals surface area contributed by atoms with Gasteiger partial charge in [-0.05, 0) is 42.0 Å². The highest BCUT2D eigenvalue weighted by Crippen LogP contribution is 2.20. The number of benzene rings is 2. The van der Waals surface area contributed by atoms with Crippen LogP contribution in [0.2, 0.25) is 0 Å². The van der Waals surface area contributed by atoms with Crippen LogP contribution in [0.4, 0.5) is 8.78 Å². The van der Waals surface area contributed by atoms with E-state index < -0.39 is 11.6 Å².